The maximum absolute atomic E-state index is 13.0. The molecule has 2 rings (SSSR count). The van der Waals surface area contributed by atoms with Gasteiger partial charge in [-0.05, 0) is 44.6 Å². The van der Waals surface area contributed by atoms with Crippen LogP contribution >= 0.6 is 0 Å². The van der Waals surface area contributed by atoms with Gasteiger partial charge in [0.15, 0.2) is 11.6 Å². The van der Waals surface area contributed by atoms with Crippen molar-refractivity contribution in [2.24, 2.45) is 0 Å². The quantitative estimate of drug-likeness (QED) is 0.892. The molecule has 1 fully saturated rings. The molecule has 5 heteroatoms. The van der Waals surface area contributed by atoms with Gasteiger partial charge in [-0.3, -0.25) is 4.79 Å². The minimum Gasteiger partial charge on any atom is -0.350 e. The molecule has 0 spiro atoms. The van der Waals surface area contributed by atoms with Crippen molar-refractivity contribution < 1.29 is 13.6 Å². The summed E-state index contributed by atoms with van der Waals surface area (Å²) >= 11 is 0. The molecule has 1 aromatic rings. The van der Waals surface area contributed by atoms with Gasteiger partial charge in [0.25, 0.3) is 5.91 Å². The van der Waals surface area contributed by atoms with Crippen LogP contribution in [0.2, 0.25) is 0 Å². The molecule has 1 aliphatic rings. The van der Waals surface area contributed by atoms with Gasteiger partial charge in [0, 0.05) is 18.2 Å². The Bertz CT molecular complexity index is 451. The zero-order chi connectivity index (χ0) is 13.1. The molecule has 0 bridgehead atoms. The van der Waals surface area contributed by atoms with Crippen molar-refractivity contribution in [3.05, 3.63) is 35.4 Å². The summed E-state index contributed by atoms with van der Waals surface area (Å²) in [4.78, 5) is 13.9. The topological polar surface area (TPSA) is 32.3 Å². The highest BCUT2D eigenvalue weighted by molar-refractivity contribution is 5.94. The average Bonchev–Trinajstić information content (AvgIpc) is 2.75. The summed E-state index contributed by atoms with van der Waals surface area (Å²) in [5.74, 6) is -2.31. The number of amides is 1. The maximum atomic E-state index is 13.0. The molecule has 0 saturated carbocycles. The van der Waals surface area contributed by atoms with Gasteiger partial charge in [-0.25, -0.2) is 8.78 Å². The van der Waals surface area contributed by atoms with E-state index < -0.39 is 11.6 Å². The lowest BCUT2D eigenvalue weighted by molar-refractivity contribution is 0.0943. The van der Waals surface area contributed by atoms with E-state index in [4.69, 9.17) is 0 Å². The number of benzene rings is 1. The van der Waals surface area contributed by atoms with Gasteiger partial charge in [-0.1, -0.05) is 0 Å². The van der Waals surface area contributed by atoms with Crippen LogP contribution in [-0.4, -0.2) is 37.0 Å². The van der Waals surface area contributed by atoms with E-state index in [-0.39, 0.29) is 11.5 Å². The number of nitrogens with zero attached hydrogens (tertiary/aromatic N) is 1. The number of carbonyl (C=O) groups is 1. The van der Waals surface area contributed by atoms with Gasteiger partial charge in [-0.15, -0.1) is 0 Å². The SMILES string of the molecule is CN1CCCC1CNC(=O)c1ccc(F)c(F)c1. The lowest BCUT2D eigenvalue weighted by Gasteiger charge is -2.19. The molecule has 1 heterocycles. The van der Waals surface area contributed by atoms with E-state index >= 15 is 0 Å². The second-order valence-electron chi connectivity index (χ2n) is 4.62. The number of carbonyl (C=O) groups excluding carboxylic acids is 1. The standard InChI is InChI=1S/C13H16F2N2O/c1-17-6-2-3-10(17)8-16-13(18)9-4-5-11(14)12(15)7-9/h4-5,7,10H,2-3,6,8H2,1H3,(H,16,18). The molecule has 18 heavy (non-hydrogen) atoms. The van der Waals surface area contributed by atoms with Gasteiger partial charge >= 0.3 is 0 Å². The number of rotatable bonds is 3. The number of likely N-dealkylation sites (N-methyl/N-ethyl adjacent to an activating group) is 1. The Balaban J connectivity index is 1.93. The molecule has 1 aromatic carbocycles. The number of hydrogen-bond acceptors (Lipinski definition) is 2. The minimum atomic E-state index is -0.999. The van der Waals surface area contributed by atoms with Gasteiger partial charge in [0.05, 0.1) is 0 Å². The second kappa shape index (κ2) is 5.44. The van der Waals surface area contributed by atoms with Crippen molar-refractivity contribution >= 4 is 5.91 Å². The first-order valence-electron chi connectivity index (χ1n) is 6.01. The molecular formula is C13H16F2N2O. The van der Waals surface area contributed by atoms with Gasteiger partial charge in [0.1, 0.15) is 0 Å². The van der Waals surface area contributed by atoms with Crippen molar-refractivity contribution in [1.29, 1.82) is 0 Å². The zero-order valence-electron chi connectivity index (χ0n) is 10.2. The van der Waals surface area contributed by atoms with E-state index in [0.29, 0.717) is 12.6 Å². The van der Waals surface area contributed by atoms with Crippen LogP contribution in [-0.2, 0) is 0 Å². The average molecular weight is 254 g/mol. The molecule has 1 amide bonds. The normalized spacial score (nSPS) is 20.1. The Kier molecular flexibility index (Phi) is 3.91. The molecule has 1 aliphatic heterocycles. The summed E-state index contributed by atoms with van der Waals surface area (Å²) in [6.45, 7) is 1.57. The first-order chi connectivity index (χ1) is 8.58. The highest BCUT2D eigenvalue weighted by Crippen LogP contribution is 2.14. The second-order valence-corrected chi connectivity index (χ2v) is 4.62. The molecule has 0 aromatic heterocycles. The Morgan fingerprint density at radius 1 is 1.44 bits per heavy atom. The van der Waals surface area contributed by atoms with E-state index in [1.807, 2.05) is 7.05 Å². The highest BCUT2D eigenvalue weighted by atomic mass is 19.2. The van der Waals surface area contributed by atoms with Crippen LogP contribution in [0, 0.1) is 11.6 Å². The number of hydrogen-bond donors (Lipinski definition) is 1. The van der Waals surface area contributed by atoms with Crippen LogP contribution in [0.1, 0.15) is 23.2 Å². The summed E-state index contributed by atoms with van der Waals surface area (Å²) < 4.78 is 25.7. The Hall–Kier alpha value is -1.49. The number of nitrogens with one attached hydrogen (secondary N) is 1. The van der Waals surface area contributed by atoms with Gasteiger partial charge in [-0.2, -0.15) is 0 Å². The molecule has 1 atom stereocenters. The highest BCUT2D eigenvalue weighted by Gasteiger charge is 2.21. The molecule has 3 nitrogen and oxygen atoms in total. The fourth-order valence-corrected chi connectivity index (χ4v) is 2.19. The third-order valence-electron chi connectivity index (χ3n) is 3.35. The molecule has 1 saturated heterocycles. The van der Waals surface area contributed by atoms with Crippen molar-refractivity contribution in [1.82, 2.24) is 10.2 Å². The third kappa shape index (κ3) is 2.85. The van der Waals surface area contributed by atoms with Crippen LogP contribution in [0.25, 0.3) is 0 Å². The van der Waals surface area contributed by atoms with Crippen molar-refractivity contribution in [3.8, 4) is 0 Å². The lowest BCUT2D eigenvalue weighted by atomic mass is 10.2. The van der Waals surface area contributed by atoms with Crippen LogP contribution in [0.3, 0.4) is 0 Å². The fraction of sp³-hybridized carbons (Fsp3) is 0.462. The van der Waals surface area contributed by atoms with Crippen LogP contribution < -0.4 is 5.32 Å². The smallest absolute Gasteiger partial charge is 0.251 e. The molecule has 1 N–H and O–H groups in total. The van der Waals surface area contributed by atoms with Crippen LogP contribution in [0.15, 0.2) is 18.2 Å². The van der Waals surface area contributed by atoms with E-state index in [2.05, 4.69) is 10.2 Å². The third-order valence-corrected chi connectivity index (χ3v) is 3.35. The van der Waals surface area contributed by atoms with Gasteiger partial charge < -0.3 is 10.2 Å². The Morgan fingerprint density at radius 3 is 2.83 bits per heavy atom. The van der Waals surface area contributed by atoms with E-state index in [1.54, 1.807) is 0 Å². The van der Waals surface area contributed by atoms with E-state index in [9.17, 15) is 13.6 Å². The minimum absolute atomic E-state index is 0.148. The monoisotopic (exact) mass is 254 g/mol. The summed E-state index contributed by atoms with van der Waals surface area (Å²) in [5.41, 5.74) is 0.148. The number of likely N-dealkylation sites (tertiary alicyclic amines) is 1. The van der Waals surface area contributed by atoms with E-state index in [0.717, 1.165) is 31.5 Å². The summed E-state index contributed by atoms with van der Waals surface area (Å²) in [6, 6.07) is 3.50. The van der Waals surface area contributed by atoms with Crippen LogP contribution in [0.4, 0.5) is 8.78 Å². The number of halogens is 2. The zero-order valence-corrected chi connectivity index (χ0v) is 10.2. The largest absolute Gasteiger partial charge is 0.350 e. The summed E-state index contributed by atoms with van der Waals surface area (Å²) in [7, 11) is 2.02. The summed E-state index contributed by atoms with van der Waals surface area (Å²) in [5, 5.41) is 2.75. The Labute approximate surface area is 105 Å². The summed E-state index contributed by atoms with van der Waals surface area (Å²) in [6.07, 6.45) is 2.18. The van der Waals surface area contributed by atoms with Crippen molar-refractivity contribution in [2.75, 3.05) is 20.1 Å². The lowest BCUT2D eigenvalue weighted by Crippen LogP contribution is -2.38. The predicted molar refractivity (Wildman–Crippen MR) is 64.3 cm³/mol. The van der Waals surface area contributed by atoms with E-state index in [1.165, 1.54) is 6.07 Å². The molecule has 1 unspecified atom stereocenters. The maximum Gasteiger partial charge on any atom is 0.251 e. The predicted octanol–water partition coefficient (Wildman–Crippen LogP) is 1.79. The van der Waals surface area contributed by atoms with Crippen molar-refractivity contribution in [3.63, 3.8) is 0 Å². The van der Waals surface area contributed by atoms with Gasteiger partial charge in [0.2, 0.25) is 0 Å². The first-order valence-corrected chi connectivity index (χ1v) is 6.01. The van der Waals surface area contributed by atoms with Crippen LogP contribution in [0.5, 0.6) is 0 Å². The molecule has 0 radical (unpaired) electrons. The first kappa shape index (κ1) is 13.0. The molecule has 98 valence electrons. The molecule has 0 aliphatic carbocycles. The molecular weight excluding hydrogens is 238 g/mol. The van der Waals surface area contributed by atoms with Crippen molar-refractivity contribution in [2.45, 2.75) is 18.9 Å². The Morgan fingerprint density at radius 2 is 2.22 bits per heavy atom. The fourth-order valence-electron chi connectivity index (χ4n) is 2.19.